The molecule has 54 heavy (non-hydrogen) atoms. The Hall–Kier alpha value is -5.06. The van der Waals surface area contributed by atoms with Crippen LogP contribution in [-0.4, -0.2) is 11.3 Å². The third-order valence-electron chi connectivity index (χ3n) is 12.1. The van der Waals surface area contributed by atoms with E-state index in [0.717, 1.165) is 0 Å². The van der Waals surface area contributed by atoms with Crippen LogP contribution in [0, 0.1) is 0 Å². The van der Waals surface area contributed by atoms with Crippen LogP contribution in [0.5, 0.6) is 0 Å². The summed E-state index contributed by atoms with van der Waals surface area (Å²) < 4.78 is 3.98. The topological polar surface area (TPSA) is 8.17 Å². The minimum Gasteiger partial charge on any atom is -0.311 e. The van der Waals surface area contributed by atoms with E-state index in [1.807, 2.05) is 11.3 Å². The van der Waals surface area contributed by atoms with Gasteiger partial charge in [0.1, 0.15) is 4.83 Å². The number of benzene rings is 6. The van der Waals surface area contributed by atoms with E-state index in [0.29, 0.717) is 0 Å². The fraction of sp³-hybridized carbons (Fsp3) is 0.240. The summed E-state index contributed by atoms with van der Waals surface area (Å²) in [6.45, 7) is 21.2. The van der Waals surface area contributed by atoms with Crippen molar-refractivity contribution in [2.75, 3.05) is 4.90 Å². The SMILES string of the molecule is CC(C)(C)c1ccc(N2c3cc(C(C)(C)C)ccc3B3c4c2cc(C(C)(C)C)cc4-n2c4sc5ccccc5c4c4cccc3c42)c(-c2ccccc2)c1. The molecule has 0 radical (unpaired) electrons. The third kappa shape index (κ3) is 4.78. The molecule has 0 atom stereocenters. The molecule has 0 N–H and O–H groups in total. The van der Waals surface area contributed by atoms with Crippen LogP contribution in [-0.2, 0) is 16.2 Å². The number of fused-ring (bicyclic) bond motifs is 9. The van der Waals surface area contributed by atoms with Gasteiger partial charge in [0.25, 0.3) is 6.71 Å². The first-order chi connectivity index (χ1) is 25.7. The number of rotatable bonds is 2. The van der Waals surface area contributed by atoms with Crippen LogP contribution >= 0.6 is 11.3 Å². The zero-order chi connectivity index (χ0) is 37.5. The van der Waals surface area contributed by atoms with Crippen molar-refractivity contribution in [3.63, 3.8) is 0 Å². The lowest BCUT2D eigenvalue weighted by Crippen LogP contribution is -2.60. The van der Waals surface area contributed by atoms with Crippen molar-refractivity contribution in [2.45, 2.75) is 78.6 Å². The molecule has 0 amide bonds. The van der Waals surface area contributed by atoms with Crippen molar-refractivity contribution in [3.05, 3.63) is 138 Å². The summed E-state index contributed by atoms with van der Waals surface area (Å²) in [6, 6.07) is 46.7. The first-order valence-corrected chi connectivity index (χ1v) is 20.3. The molecule has 0 aliphatic carbocycles. The Morgan fingerprint density at radius 1 is 0.500 bits per heavy atom. The van der Waals surface area contributed by atoms with Gasteiger partial charge < -0.3 is 9.47 Å². The van der Waals surface area contributed by atoms with Crippen LogP contribution in [0.2, 0.25) is 0 Å². The highest BCUT2D eigenvalue weighted by Crippen LogP contribution is 2.49. The van der Waals surface area contributed by atoms with E-state index >= 15 is 0 Å². The highest BCUT2D eigenvalue weighted by atomic mass is 32.1. The molecule has 4 heteroatoms. The molecule has 4 heterocycles. The van der Waals surface area contributed by atoms with Gasteiger partial charge in [0.15, 0.2) is 0 Å². The maximum Gasteiger partial charge on any atom is 0.252 e. The van der Waals surface area contributed by atoms with Gasteiger partial charge in [-0.25, -0.2) is 0 Å². The van der Waals surface area contributed by atoms with Crippen LogP contribution in [0.3, 0.4) is 0 Å². The quantitative estimate of drug-likeness (QED) is 0.162. The smallest absolute Gasteiger partial charge is 0.252 e. The number of anilines is 3. The van der Waals surface area contributed by atoms with Crippen molar-refractivity contribution in [2.24, 2.45) is 0 Å². The maximum atomic E-state index is 2.64. The van der Waals surface area contributed by atoms with E-state index in [1.54, 1.807) is 0 Å². The lowest BCUT2D eigenvalue weighted by atomic mass is 9.33. The van der Waals surface area contributed by atoms with Gasteiger partial charge in [0.05, 0.1) is 11.2 Å². The zero-order valence-corrected chi connectivity index (χ0v) is 33.7. The summed E-state index contributed by atoms with van der Waals surface area (Å²) in [5.41, 5.74) is 17.1. The molecular formula is C50H47BN2S. The highest BCUT2D eigenvalue weighted by Gasteiger charge is 2.44. The van der Waals surface area contributed by atoms with Crippen LogP contribution in [0.1, 0.15) is 79.0 Å². The Balaban J connectivity index is 1.39. The molecule has 2 nitrogen and oxygen atoms in total. The standard InChI is InChI=1S/C50H47BN2S/c1-48(2,3)31-23-25-39(36(26-31)30-16-11-10-12-17-30)52-40-27-32(49(4,5)6)22-24-37(40)51-38-20-15-19-35-44-34-18-13-14-21-43(34)54-47(44)53(46(35)38)42-29-33(50(7,8)9)28-41(52)45(42)51/h10-29H,1-9H3. The van der Waals surface area contributed by atoms with Gasteiger partial charge in [-0.05, 0) is 91.3 Å². The summed E-state index contributed by atoms with van der Waals surface area (Å²) in [5, 5.41) is 4.08. The number of aromatic nitrogens is 1. The number of thiophene rings is 1. The average Bonchev–Trinajstić information content (AvgIpc) is 3.67. The fourth-order valence-electron chi connectivity index (χ4n) is 9.11. The summed E-state index contributed by atoms with van der Waals surface area (Å²) in [4.78, 5) is 3.98. The Morgan fingerprint density at radius 2 is 1.13 bits per heavy atom. The van der Waals surface area contributed by atoms with E-state index in [-0.39, 0.29) is 23.0 Å². The van der Waals surface area contributed by atoms with Gasteiger partial charge in [-0.15, -0.1) is 11.3 Å². The van der Waals surface area contributed by atoms with E-state index in [1.165, 1.54) is 98.2 Å². The molecule has 2 aliphatic heterocycles. The molecule has 8 aromatic rings. The molecular weight excluding hydrogens is 671 g/mol. The molecule has 10 rings (SSSR count). The predicted octanol–water partition coefficient (Wildman–Crippen LogP) is 12.2. The number of nitrogens with zero attached hydrogens (tertiary/aromatic N) is 2. The van der Waals surface area contributed by atoms with Gasteiger partial charge >= 0.3 is 0 Å². The minimum absolute atomic E-state index is 0.00948. The van der Waals surface area contributed by atoms with Gasteiger partial charge in [0, 0.05) is 43.5 Å². The Morgan fingerprint density at radius 3 is 1.87 bits per heavy atom. The molecule has 6 aromatic carbocycles. The Bertz CT molecular complexity index is 2830. The van der Waals surface area contributed by atoms with Crippen LogP contribution in [0.15, 0.2) is 121 Å². The maximum absolute atomic E-state index is 2.64. The summed E-state index contributed by atoms with van der Waals surface area (Å²) in [7, 11) is 0. The van der Waals surface area contributed by atoms with Crippen LogP contribution < -0.4 is 21.3 Å². The van der Waals surface area contributed by atoms with Crippen molar-refractivity contribution in [3.8, 4) is 16.8 Å². The first kappa shape index (κ1) is 33.5. The number of para-hydroxylation sites is 1. The molecule has 0 saturated carbocycles. The number of hydrogen-bond acceptors (Lipinski definition) is 2. The van der Waals surface area contributed by atoms with E-state index < -0.39 is 0 Å². The first-order valence-electron chi connectivity index (χ1n) is 19.5. The second-order valence-corrected chi connectivity index (χ2v) is 19.7. The van der Waals surface area contributed by atoms with Gasteiger partial charge in [-0.2, -0.15) is 0 Å². The van der Waals surface area contributed by atoms with Crippen LogP contribution in [0.25, 0.3) is 48.0 Å². The molecule has 2 aliphatic rings. The highest BCUT2D eigenvalue weighted by molar-refractivity contribution is 7.26. The van der Waals surface area contributed by atoms with E-state index in [2.05, 4.69) is 193 Å². The van der Waals surface area contributed by atoms with Crippen molar-refractivity contribution in [1.29, 1.82) is 0 Å². The minimum atomic E-state index is -0.0684. The van der Waals surface area contributed by atoms with Gasteiger partial charge in [-0.3, -0.25) is 0 Å². The van der Waals surface area contributed by atoms with Gasteiger partial charge in [0.2, 0.25) is 0 Å². The average molecular weight is 719 g/mol. The zero-order valence-electron chi connectivity index (χ0n) is 32.9. The van der Waals surface area contributed by atoms with E-state index in [4.69, 9.17) is 0 Å². The van der Waals surface area contributed by atoms with Crippen molar-refractivity contribution >= 4 is 82.7 Å². The summed E-state index contributed by atoms with van der Waals surface area (Å²) >= 11 is 1.93. The largest absolute Gasteiger partial charge is 0.311 e. The van der Waals surface area contributed by atoms with Gasteiger partial charge in [-0.1, -0.05) is 147 Å². The lowest BCUT2D eigenvalue weighted by molar-refractivity contribution is 0.589. The normalized spacial score (nSPS) is 13.9. The monoisotopic (exact) mass is 718 g/mol. The molecule has 0 fully saturated rings. The molecule has 0 saturated heterocycles. The summed E-state index contributed by atoms with van der Waals surface area (Å²) in [6.07, 6.45) is 0. The summed E-state index contributed by atoms with van der Waals surface area (Å²) in [5.74, 6) is 0. The molecule has 0 unspecified atom stereocenters. The fourth-order valence-corrected chi connectivity index (χ4v) is 10.3. The molecule has 0 bridgehead atoms. The Labute approximate surface area is 324 Å². The second-order valence-electron chi connectivity index (χ2n) is 18.7. The molecule has 266 valence electrons. The Kier molecular flexibility index (Phi) is 6.98. The van der Waals surface area contributed by atoms with E-state index in [9.17, 15) is 0 Å². The second kappa shape index (κ2) is 11.2. The molecule has 2 aromatic heterocycles. The third-order valence-corrected chi connectivity index (χ3v) is 13.2. The van der Waals surface area contributed by atoms with Crippen molar-refractivity contribution in [1.82, 2.24) is 4.57 Å². The van der Waals surface area contributed by atoms with Crippen molar-refractivity contribution < 1.29 is 0 Å². The van der Waals surface area contributed by atoms with Crippen LogP contribution in [0.4, 0.5) is 17.1 Å². The lowest BCUT2D eigenvalue weighted by Gasteiger charge is -2.42. The predicted molar refractivity (Wildman–Crippen MR) is 237 cm³/mol. The number of hydrogen-bond donors (Lipinski definition) is 0. The molecule has 0 spiro atoms.